The fraction of sp³-hybridized carbons (Fsp3) is 0.478. The molecule has 25 heavy (non-hydrogen) atoms. The third-order valence-electron chi connectivity index (χ3n) is 4.86. The predicted octanol–water partition coefficient (Wildman–Crippen LogP) is 6.13. The van der Waals surface area contributed by atoms with Gasteiger partial charge in [0, 0.05) is 0 Å². The Bertz CT molecular complexity index is 646. The monoisotopic (exact) mass is 340 g/mol. The molecule has 0 radical (unpaired) electrons. The standard InChI is InChI=1S/C23H32O2/c1-7-23(5,6)19-10-14-21(15-11-19)25-17-16-24-20-12-8-18(9-13-20)22(2,3)4/h8-15H,7,16-17H2,1-6H3. The van der Waals surface area contributed by atoms with E-state index in [1.54, 1.807) is 0 Å². The molecule has 2 aromatic carbocycles. The minimum Gasteiger partial charge on any atom is -0.490 e. The molecule has 2 rings (SSSR count). The van der Waals surface area contributed by atoms with Gasteiger partial charge >= 0.3 is 0 Å². The first-order chi connectivity index (χ1) is 11.7. The summed E-state index contributed by atoms with van der Waals surface area (Å²) in [5.74, 6) is 1.78. The second-order valence-corrected chi connectivity index (χ2v) is 8.23. The van der Waals surface area contributed by atoms with Crippen LogP contribution in [-0.2, 0) is 10.8 Å². The lowest BCUT2D eigenvalue weighted by Gasteiger charge is -2.23. The van der Waals surface area contributed by atoms with Crippen LogP contribution in [0.4, 0.5) is 0 Å². The van der Waals surface area contributed by atoms with Crippen molar-refractivity contribution in [3.8, 4) is 11.5 Å². The van der Waals surface area contributed by atoms with Gasteiger partial charge in [0.2, 0.25) is 0 Å². The van der Waals surface area contributed by atoms with Crippen LogP contribution in [0.5, 0.6) is 11.5 Å². The van der Waals surface area contributed by atoms with E-state index in [1.165, 1.54) is 11.1 Å². The molecule has 2 heteroatoms. The molecule has 0 N–H and O–H groups in total. The quantitative estimate of drug-likeness (QED) is 0.564. The summed E-state index contributed by atoms with van der Waals surface area (Å²) in [4.78, 5) is 0. The van der Waals surface area contributed by atoms with Crippen LogP contribution in [0.15, 0.2) is 48.5 Å². The lowest BCUT2D eigenvalue weighted by atomic mass is 9.82. The number of benzene rings is 2. The van der Waals surface area contributed by atoms with E-state index < -0.39 is 0 Å². The Balaban J connectivity index is 1.79. The molecule has 0 bridgehead atoms. The van der Waals surface area contributed by atoms with Crippen molar-refractivity contribution in [3.05, 3.63) is 59.7 Å². The number of ether oxygens (including phenoxy) is 2. The maximum atomic E-state index is 5.78. The predicted molar refractivity (Wildman–Crippen MR) is 106 cm³/mol. The Morgan fingerprint density at radius 3 is 1.40 bits per heavy atom. The number of hydrogen-bond donors (Lipinski definition) is 0. The van der Waals surface area contributed by atoms with E-state index in [1.807, 2.05) is 24.3 Å². The SMILES string of the molecule is CCC(C)(C)c1ccc(OCCOc2ccc(C(C)(C)C)cc2)cc1. The molecule has 0 aliphatic heterocycles. The molecule has 0 saturated heterocycles. The Morgan fingerprint density at radius 2 is 1.04 bits per heavy atom. The maximum absolute atomic E-state index is 5.78. The zero-order chi connectivity index (χ0) is 18.5. The Labute approximate surface area is 153 Å². The van der Waals surface area contributed by atoms with Crippen molar-refractivity contribution >= 4 is 0 Å². The molecule has 0 spiro atoms. The first-order valence-electron chi connectivity index (χ1n) is 9.19. The Hall–Kier alpha value is -1.96. The Kier molecular flexibility index (Phi) is 6.16. The zero-order valence-electron chi connectivity index (χ0n) is 16.6. The topological polar surface area (TPSA) is 18.5 Å². The molecule has 0 atom stereocenters. The van der Waals surface area contributed by atoms with Gasteiger partial charge < -0.3 is 9.47 Å². The van der Waals surface area contributed by atoms with Crippen molar-refractivity contribution in [2.24, 2.45) is 0 Å². The van der Waals surface area contributed by atoms with Gasteiger partial charge in [-0.05, 0) is 52.6 Å². The van der Waals surface area contributed by atoms with E-state index in [2.05, 4.69) is 65.8 Å². The third-order valence-corrected chi connectivity index (χ3v) is 4.86. The average Bonchev–Trinajstić information content (AvgIpc) is 2.59. The van der Waals surface area contributed by atoms with Gasteiger partial charge in [-0.1, -0.05) is 65.8 Å². The van der Waals surface area contributed by atoms with Gasteiger partial charge in [0.25, 0.3) is 0 Å². The molecule has 0 amide bonds. The average molecular weight is 341 g/mol. The van der Waals surface area contributed by atoms with Crippen molar-refractivity contribution in [2.75, 3.05) is 13.2 Å². The van der Waals surface area contributed by atoms with Crippen molar-refractivity contribution < 1.29 is 9.47 Å². The summed E-state index contributed by atoms with van der Waals surface area (Å²) in [6, 6.07) is 16.7. The van der Waals surface area contributed by atoms with Crippen LogP contribution in [0.1, 0.15) is 59.1 Å². The summed E-state index contributed by atoms with van der Waals surface area (Å²) in [6.07, 6.45) is 1.12. The zero-order valence-corrected chi connectivity index (χ0v) is 16.6. The van der Waals surface area contributed by atoms with Gasteiger partial charge in [-0.3, -0.25) is 0 Å². The summed E-state index contributed by atoms with van der Waals surface area (Å²) < 4.78 is 11.5. The molecule has 136 valence electrons. The molecular weight excluding hydrogens is 308 g/mol. The molecular formula is C23H32O2. The van der Waals surface area contributed by atoms with E-state index in [4.69, 9.17) is 9.47 Å². The smallest absolute Gasteiger partial charge is 0.122 e. The second kappa shape index (κ2) is 7.95. The summed E-state index contributed by atoms with van der Waals surface area (Å²) in [5.41, 5.74) is 3.03. The molecule has 0 aliphatic carbocycles. The van der Waals surface area contributed by atoms with Crippen LogP contribution in [0.3, 0.4) is 0 Å². The number of hydrogen-bond acceptors (Lipinski definition) is 2. The molecule has 2 aromatic rings. The summed E-state index contributed by atoms with van der Waals surface area (Å²) in [7, 11) is 0. The molecule has 0 unspecified atom stereocenters. The number of rotatable bonds is 7. The van der Waals surface area contributed by atoms with Crippen LogP contribution in [0, 0.1) is 0 Å². The van der Waals surface area contributed by atoms with Crippen molar-refractivity contribution in [3.63, 3.8) is 0 Å². The van der Waals surface area contributed by atoms with E-state index in [-0.39, 0.29) is 10.8 Å². The van der Waals surface area contributed by atoms with Crippen LogP contribution in [0.25, 0.3) is 0 Å². The van der Waals surface area contributed by atoms with Gasteiger partial charge in [0.1, 0.15) is 24.7 Å². The van der Waals surface area contributed by atoms with Crippen molar-refractivity contribution in [1.82, 2.24) is 0 Å². The van der Waals surface area contributed by atoms with E-state index in [0.29, 0.717) is 13.2 Å². The first-order valence-corrected chi connectivity index (χ1v) is 9.19. The minimum absolute atomic E-state index is 0.167. The fourth-order valence-corrected chi connectivity index (χ4v) is 2.58. The first kappa shape index (κ1) is 19.4. The van der Waals surface area contributed by atoms with E-state index in [9.17, 15) is 0 Å². The summed E-state index contributed by atoms with van der Waals surface area (Å²) in [6.45, 7) is 14.5. The second-order valence-electron chi connectivity index (χ2n) is 8.23. The van der Waals surface area contributed by atoms with Gasteiger partial charge in [-0.2, -0.15) is 0 Å². The normalized spacial score (nSPS) is 12.1. The molecule has 0 heterocycles. The largest absolute Gasteiger partial charge is 0.490 e. The highest BCUT2D eigenvalue weighted by molar-refractivity contribution is 5.32. The van der Waals surface area contributed by atoms with Gasteiger partial charge in [-0.25, -0.2) is 0 Å². The van der Waals surface area contributed by atoms with Crippen LogP contribution in [-0.4, -0.2) is 13.2 Å². The third kappa shape index (κ3) is 5.52. The van der Waals surface area contributed by atoms with E-state index >= 15 is 0 Å². The molecule has 0 saturated carbocycles. The summed E-state index contributed by atoms with van der Waals surface area (Å²) >= 11 is 0. The van der Waals surface area contributed by atoms with Gasteiger partial charge in [-0.15, -0.1) is 0 Å². The highest BCUT2D eigenvalue weighted by Crippen LogP contribution is 2.28. The highest BCUT2D eigenvalue weighted by atomic mass is 16.5. The molecule has 2 nitrogen and oxygen atoms in total. The lowest BCUT2D eigenvalue weighted by molar-refractivity contribution is 0.217. The van der Waals surface area contributed by atoms with Crippen molar-refractivity contribution in [2.45, 2.75) is 58.8 Å². The minimum atomic E-state index is 0.167. The highest BCUT2D eigenvalue weighted by Gasteiger charge is 2.17. The molecule has 0 aromatic heterocycles. The van der Waals surface area contributed by atoms with Crippen molar-refractivity contribution in [1.29, 1.82) is 0 Å². The molecule has 0 aliphatic rings. The van der Waals surface area contributed by atoms with Crippen LogP contribution in [0.2, 0.25) is 0 Å². The molecule has 0 fully saturated rings. The van der Waals surface area contributed by atoms with Gasteiger partial charge in [0.15, 0.2) is 0 Å². The van der Waals surface area contributed by atoms with Crippen LogP contribution >= 0.6 is 0 Å². The maximum Gasteiger partial charge on any atom is 0.122 e. The summed E-state index contributed by atoms with van der Waals surface area (Å²) in [5, 5.41) is 0. The Morgan fingerprint density at radius 1 is 0.640 bits per heavy atom. The van der Waals surface area contributed by atoms with Gasteiger partial charge in [0.05, 0.1) is 0 Å². The van der Waals surface area contributed by atoms with E-state index in [0.717, 1.165) is 17.9 Å². The van der Waals surface area contributed by atoms with Crippen LogP contribution < -0.4 is 9.47 Å². The lowest BCUT2D eigenvalue weighted by Crippen LogP contribution is -2.15. The fourth-order valence-electron chi connectivity index (χ4n) is 2.58.